The van der Waals surface area contributed by atoms with Gasteiger partial charge in [0.2, 0.25) is 0 Å². The van der Waals surface area contributed by atoms with Crippen molar-refractivity contribution < 1.29 is 8.23 Å². The third-order valence-electron chi connectivity index (χ3n) is 5.22. The van der Waals surface area contributed by atoms with Gasteiger partial charge >= 0.3 is 8.56 Å². The maximum Gasteiger partial charge on any atom is 0.311 e. The van der Waals surface area contributed by atoms with Crippen LogP contribution in [-0.2, 0) is 21.1 Å². The number of hydrogen-bond donors (Lipinski definition) is 0. The fourth-order valence-corrected chi connectivity index (χ4v) is 18.2. The van der Waals surface area contributed by atoms with Crippen molar-refractivity contribution >= 4 is 25.2 Å². The number of benzene rings is 2. The van der Waals surface area contributed by atoms with E-state index in [0.717, 1.165) is 12.8 Å². The Balaban J connectivity index is 0.00000450. The minimum absolute atomic E-state index is 0. The molecule has 0 spiro atoms. The van der Waals surface area contributed by atoms with Crippen LogP contribution in [0.5, 0.6) is 0 Å². The van der Waals surface area contributed by atoms with Crippen LogP contribution in [-0.4, -0.2) is 25.2 Å². The molecule has 0 saturated carbocycles. The van der Waals surface area contributed by atoms with Gasteiger partial charge in [-0.25, -0.2) is 0 Å². The highest BCUT2D eigenvalue weighted by molar-refractivity contribution is 6.87. The Hall–Kier alpha value is -0.989. The summed E-state index contributed by atoms with van der Waals surface area (Å²) in [5.74, 6) is 0. The molecule has 0 aromatic heterocycles. The quantitative estimate of drug-likeness (QED) is 0.298. The summed E-state index contributed by atoms with van der Waals surface area (Å²) < 4.78 is 13.5. The Morgan fingerprint density at radius 1 is 0.567 bits per heavy atom. The topological polar surface area (TPSA) is 18.5 Å². The predicted molar refractivity (Wildman–Crippen MR) is 140 cm³/mol. The van der Waals surface area contributed by atoms with Crippen LogP contribution in [0.3, 0.4) is 0 Å². The number of aryl methyl sites for hydroxylation is 2. The van der Waals surface area contributed by atoms with E-state index in [2.05, 4.69) is 99.9 Å². The Bertz CT molecular complexity index is 654. The van der Waals surface area contributed by atoms with Crippen molar-refractivity contribution in [2.45, 2.75) is 84.5 Å². The van der Waals surface area contributed by atoms with Crippen molar-refractivity contribution in [2.24, 2.45) is 0 Å². The van der Waals surface area contributed by atoms with E-state index in [4.69, 9.17) is 8.23 Å². The van der Waals surface area contributed by atoms with Gasteiger partial charge in [0.05, 0.1) is 0 Å². The van der Waals surface area contributed by atoms with Gasteiger partial charge < -0.3 is 8.23 Å². The zero-order chi connectivity index (χ0) is 21.4. The van der Waals surface area contributed by atoms with Crippen molar-refractivity contribution in [2.75, 3.05) is 0 Å². The third kappa shape index (κ3) is 10.9. The lowest BCUT2D eigenvalue weighted by atomic mass is 10.1. The highest BCUT2D eigenvalue weighted by atomic mass is 28.5. The van der Waals surface area contributed by atoms with E-state index < -0.39 is 25.2 Å². The van der Waals surface area contributed by atoms with Crippen molar-refractivity contribution in [1.29, 1.82) is 0 Å². The molecule has 5 heteroatoms. The Morgan fingerprint density at radius 2 is 0.900 bits per heavy atom. The van der Waals surface area contributed by atoms with E-state index in [1.54, 1.807) is 0 Å². The van der Waals surface area contributed by atoms with Gasteiger partial charge in [-0.15, -0.1) is 0 Å². The molecular formula is C25H44O2Si3. The SMILES string of the molecule is C.C[Si](C)(CCCc1ccccc1)O[Si](C)(C)O[Si](C)(C)CCCc1ccccc1. The molecule has 2 aromatic rings. The summed E-state index contributed by atoms with van der Waals surface area (Å²) >= 11 is 0. The van der Waals surface area contributed by atoms with Gasteiger partial charge in [-0.1, -0.05) is 68.1 Å². The number of rotatable bonds is 12. The Labute approximate surface area is 189 Å². The summed E-state index contributed by atoms with van der Waals surface area (Å²) in [4.78, 5) is 0. The summed E-state index contributed by atoms with van der Waals surface area (Å²) in [5.41, 5.74) is 2.86. The van der Waals surface area contributed by atoms with Crippen LogP contribution in [0.25, 0.3) is 0 Å². The predicted octanol–water partition coefficient (Wildman–Crippen LogP) is 8.03. The van der Waals surface area contributed by atoms with Crippen LogP contribution in [0, 0.1) is 0 Å². The maximum absolute atomic E-state index is 6.75. The van der Waals surface area contributed by atoms with Crippen LogP contribution < -0.4 is 0 Å². The van der Waals surface area contributed by atoms with Crippen molar-refractivity contribution in [3.63, 3.8) is 0 Å². The molecule has 2 rings (SSSR count). The Kier molecular flexibility index (Phi) is 11.0. The van der Waals surface area contributed by atoms with Gasteiger partial charge in [0.25, 0.3) is 0 Å². The average Bonchev–Trinajstić information content (AvgIpc) is 2.61. The fourth-order valence-electron chi connectivity index (χ4n) is 4.18. The standard InChI is InChI=1S/C24H40O2Si3.CH4/c1-27(2,21-13-19-23-15-9-7-10-16-23)25-29(5,6)26-28(3,4)22-14-20-24-17-11-8-12-18-24;/h7-12,15-18H,13-14,19-22H2,1-6H3;1H4. The molecule has 0 aliphatic heterocycles. The highest BCUT2D eigenvalue weighted by Crippen LogP contribution is 2.27. The molecule has 168 valence electrons. The summed E-state index contributed by atoms with van der Waals surface area (Å²) in [6.07, 6.45) is 4.68. The molecule has 0 radical (unpaired) electrons. The van der Waals surface area contributed by atoms with Gasteiger partial charge in [0.1, 0.15) is 0 Å². The van der Waals surface area contributed by atoms with E-state index >= 15 is 0 Å². The molecule has 0 aliphatic rings. The molecule has 0 heterocycles. The molecule has 0 saturated heterocycles. The van der Waals surface area contributed by atoms with Gasteiger partial charge in [-0.3, -0.25) is 0 Å². The molecule has 2 aromatic carbocycles. The molecule has 30 heavy (non-hydrogen) atoms. The first kappa shape index (κ1) is 27.0. The van der Waals surface area contributed by atoms with Crippen molar-refractivity contribution in [3.05, 3.63) is 71.8 Å². The molecule has 2 nitrogen and oxygen atoms in total. The average molecular weight is 461 g/mol. The lowest BCUT2D eigenvalue weighted by Crippen LogP contribution is -2.52. The van der Waals surface area contributed by atoms with E-state index in [1.165, 1.54) is 36.1 Å². The van der Waals surface area contributed by atoms with Crippen LogP contribution in [0.15, 0.2) is 60.7 Å². The van der Waals surface area contributed by atoms with Crippen LogP contribution >= 0.6 is 0 Å². The lowest BCUT2D eigenvalue weighted by Gasteiger charge is -2.39. The van der Waals surface area contributed by atoms with Gasteiger partial charge in [0.15, 0.2) is 16.6 Å². The first-order chi connectivity index (χ1) is 13.6. The minimum Gasteiger partial charge on any atom is -0.437 e. The first-order valence-electron chi connectivity index (χ1n) is 11.1. The van der Waals surface area contributed by atoms with Gasteiger partial charge in [0, 0.05) is 0 Å². The zero-order valence-electron chi connectivity index (χ0n) is 19.3. The molecule has 0 atom stereocenters. The van der Waals surface area contributed by atoms with Crippen molar-refractivity contribution in [3.8, 4) is 0 Å². The van der Waals surface area contributed by atoms with Crippen LogP contribution in [0.1, 0.15) is 31.4 Å². The second-order valence-corrected chi connectivity index (χ2v) is 22.3. The van der Waals surface area contributed by atoms with E-state index in [0.29, 0.717) is 0 Å². The minimum atomic E-state index is -2.11. The van der Waals surface area contributed by atoms with Crippen LogP contribution in [0.4, 0.5) is 0 Å². The second kappa shape index (κ2) is 12.2. The lowest BCUT2D eigenvalue weighted by molar-refractivity contribution is 0.387. The number of hydrogen-bond acceptors (Lipinski definition) is 2. The first-order valence-corrected chi connectivity index (χ1v) is 20.1. The fraction of sp³-hybridized carbons (Fsp3) is 0.520. The normalized spacial score (nSPS) is 12.5. The van der Waals surface area contributed by atoms with Gasteiger partial charge in [-0.05, 0) is 88.2 Å². The van der Waals surface area contributed by atoms with E-state index in [9.17, 15) is 0 Å². The molecular weight excluding hydrogens is 417 g/mol. The molecule has 0 amide bonds. The highest BCUT2D eigenvalue weighted by Gasteiger charge is 2.39. The largest absolute Gasteiger partial charge is 0.437 e. The summed E-state index contributed by atoms with van der Waals surface area (Å²) in [6.45, 7) is 14.0. The van der Waals surface area contributed by atoms with Crippen molar-refractivity contribution in [1.82, 2.24) is 0 Å². The summed E-state index contributed by atoms with van der Waals surface area (Å²) in [5, 5.41) is 0. The smallest absolute Gasteiger partial charge is 0.311 e. The molecule has 0 unspecified atom stereocenters. The molecule has 0 aliphatic carbocycles. The summed E-state index contributed by atoms with van der Waals surface area (Å²) in [6, 6.07) is 24.0. The monoisotopic (exact) mass is 460 g/mol. The molecule has 0 N–H and O–H groups in total. The van der Waals surface area contributed by atoms with E-state index in [-0.39, 0.29) is 7.43 Å². The summed E-state index contributed by atoms with van der Waals surface area (Å²) in [7, 11) is -5.54. The molecule has 0 bridgehead atoms. The molecule has 0 fully saturated rings. The second-order valence-electron chi connectivity index (χ2n) is 9.80. The van der Waals surface area contributed by atoms with E-state index in [1.807, 2.05) is 0 Å². The Morgan fingerprint density at radius 3 is 1.23 bits per heavy atom. The third-order valence-corrected chi connectivity index (χ3v) is 16.7. The van der Waals surface area contributed by atoms with Crippen LogP contribution in [0.2, 0.25) is 51.4 Å². The maximum atomic E-state index is 6.75. The van der Waals surface area contributed by atoms with Gasteiger partial charge in [-0.2, -0.15) is 0 Å². The zero-order valence-corrected chi connectivity index (χ0v) is 22.3.